The Kier molecular flexibility index (Phi) is 31.3. The highest BCUT2D eigenvalue weighted by Crippen LogP contribution is 2.12. The van der Waals surface area contributed by atoms with Gasteiger partial charge in [0, 0.05) is 18.1 Å². The van der Waals surface area contributed by atoms with E-state index in [1.54, 1.807) is 0 Å². The summed E-state index contributed by atoms with van der Waals surface area (Å²) in [6.07, 6.45) is 10.1. The van der Waals surface area contributed by atoms with Gasteiger partial charge in [0.25, 0.3) is 0 Å². The van der Waals surface area contributed by atoms with Gasteiger partial charge in [-0.25, -0.2) is 0 Å². The van der Waals surface area contributed by atoms with E-state index in [0.717, 1.165) is 30.1 Å². The van der Waals surface area contributed by atoms with Crippen LogP contribution in [0.1, 0.15) is 110 Å². The number of rotatable bonds is 10. The van der Waals surface area contributed by atoms with Crippen molar-refractivity contribution >= 4 is 11.6 Å². The molecule has 2 aromatic rings. The van der Waals surface area contributed by atoms with E-state index in [1.165, 1.54) is 59.9 Å². The molecule has 0 spiro atoms. The van der Waals surface area contributed by atoms with E-state index in [9.17, 15) is 0 Å². The third-order valence-corrected chi connectivity index (χ3v) is 5.85. The first kappa shape index (κ1) is 40.4. The molecule has 0 atom stereocenters. The molecular formula is C36H60ClN. The number of halogens is 1. The third kappa shape index (κ3) is 25.6. The minimum absolute atomic E-state index is 0.840. The lowest BCUT2D eigenvalue weighted by Gasteiger charge is -2.07. The Morgan fingerprint density at radius 1 is 0.789 bits per heavy atom. The summed E-state index contributed by atoms with van der Waals surface area (Å²) in [6.45, 7) is 28.8. The maximum atomic E-state index is 6.12. The Balaban J connectivity index is -0.000000531. The molecule has 0 aliphatic carbocycles. The molecule has 216 valence electrons. The molecule has 0 heterocycles. The SMILES string of the molecule is C=C.CC.CCCCCCC.CCc1cccc(CNC/C(C)=C/C(Cl)=C(C)C)c1.Cc1cccc(C)c1. The van der Waals surface area contributed by atoms with Gasteiger partial charge in [0.15, 0.2) is 0 Å². The lowest BCUT2D eigenvalue weighted by Crippen LogP contribution is -2.15. The first-order valence-corrected chi connectivity index (χ1v) is 14.9. The van der Waals surface area contributed by atoms with Gasteiger partial charge in [0.05, 0.1) is 0 Å². The third-order valence-electron chi connectivity index (χ3n) is 5.36. The van der Waals surface area contributed by atoms with E-state index in [1.807, 2.05) is 33.8 Å². The second-order valence-electron chi connectivity index (χ2n) is 9.33. The fraction of sp³-hybridized carbons (Fsp3) is 0.500. The summed E-state index contributed by atoms with van der Waals surface area (Å²) < 4.78 is 0. The van der Waals surface area contributed by atoms with Crippen LogP contribution in [0.2, 0.25) is 0 Å². The summed E-state index contributed by atoms with van der Waals surface area (Å²) >= 11 is 6.12. The van der Waals surface area contributed by atoms with Crippen molar-refractivity contribution in [2.24, 2.45) is 0 Å². The normalized spacial score (nSPS) is 9.71. The molecule has 1 nitrogen and oxygen atoms in total. The van der Waals surface area contributed by atoms with Gasteiger partial charge in [-0.1, -0.05) is 149 Å². The summed E-state index contributed by atoms with van der Waals surface area (Å²) in [5.41, 5.74) is 7.80. The van der Waals surface area contributed by atoms with Gasteiger partial charge in [0.1, 0.15) is 0 Å². The molecule has 0 aromatic heterocycles. The number of unbranched alkanes of at least 4 members (excludes halogenated alkanes) is 4. The van der Waals surface area contributed by atoms with Crippen LogP contribution in [-0.4, -0.2) is 6.54 Å². The van der Waals surface area contributed by atoms with Crippen molar-refractivity contribution in [1.29, 1.82) is 0 Å². The van der Waals surface area contributed by atoms with Gasteiger partial charge < -0.3 is 5.32 Å². The minimum atomic E-state index is 0.840. The fourth-order valence-electron chi connectivity index (χ4n) is 3.26. The molecule has 0 fully saturated rings. The van der Waals surface area contributed by atoms with Gasteiger partial charge >= 0.3 is 0 Å². The van der Waals surface area contributed by atoms with Gasteiger partial charge in [-0.3, -0.25) is 0 Å². The molecular weight excluding hydrogens is 482 g/mol. The van der Waals surface area contributed by atoms with Crippen LogP contribution in [0.25, 0.3) is 0 Å². The molecule has 0 saturated carbocycles. The van der Waals surface area contributed by atoms with Crippen LogP contribution in [0.15, 0.2) is 83.9 Å². The highest BCUT2D eigenvalue weighted by Gasteiger charge is 1.97. The van der Waals surface area contributed by atoms with Crippen LogP contribution in [-0.2, 0) is 13.0 Å². The van der Waals surface area contributed by atoms with Crippen LogP contribution in [0.3, 0.4) is 0 Å². The Morgan fingerprint density at radius 3 is 1.71 bits per heavy atom. The Bertz CT molecular complexity index is 838. The van der Waals surface area contributed by atoms with E-state index < -0.39 is 0 Å². The van der Waals surface area contributed by atoms with Crippen molar-refractivity contribution in [3.05, 3.63) is 106 Å². The Labute approximate surface area is 243 Å². The molecule has 2 rings (SSSR count). The van der Waals surface area contributed by atoms with Crippen molar-refractivity contribution in [2.45, 2.75) is 114 Å². The highest BCUT2D eigenvalue weighted by molar-refractivity contribution is 6.31. The summed E-state index contributed by atoms with van der Waals surface area (Å²) in [5.74, 6) is 0. The number of aryl methyl sites for hydroxylation is 3. The maximum absolute atomic E-state index is 6.12. The predicted octanol–water partition coefficient (Wildman–Crippen LogP) is 11.9. The van der Waals surface area contributed by atoms with E-state index in [-0.39, 0.29) is 0 Å². The molecule has 2 heteroatoms. The first-order chi connectivity index (χ1) is 18.2. The molecule has 1 N–H and O–H groups in total. The monoisotopic (exact) mass is 541 g/mol. The average Bonchev–Trinajstić information content (AvgIpc) is 2.92. The van der Waals surface area contributed by atoms with Crippen molar-refractivity contribution in [1.82, 2.24) is 5.32 Å². The molecule has 0 aliphatic heterocycles. The second-order valence-corrected chi connectivity index (χ2v) is 9.74. The molecule has 0 saturated heterocycles. The second kappa shape index (κ2) is 29.5. The minimum Gasteiger partial charge on any atom is -0.309 e. The lowest BCUT2D eigenvalue weighted by atomic mass is 10.1. The van der Waals surface area contributed by atoms with Crippen molar-refractivity contribution < 1.29 is 0 Å². The topological polar surface area (TPSA) is 12.0 Å². The molecule has 0 aliphatic rings. The van der Waals surface area contributed by atoms with E-state index in [2.05, 4.69) is 109 Å². The zero-order valence-corrected chi connectivity index (χ0v) is 27.4. The van der Waals surface area contributed by atoms with Gasteiger partial charge in [-0.15, -0.1) is 13.2 Å². The van der Waals surface area contributed by atoms with Gasteiger partial charge in [-0.05, 0) is 58.2 Å². The number of hydrogen-bond acceptors (Lipinski definition) is 1. The lowest BCUT2D eigenvalue weighted by molar-refractivity contribution is 0.656. The summed E-state index contributed by atoms with van der Waals surface area (Å²) in [4.78, 5) is 0. The number of allylic oxidation sites excluding steroid dienone is 3. The quantitative estimate of drug-likeness (QED) is 0.179. The van der Waals surface area contributed by atoms with Gasteiger partial charge in [-0.2, -0.15) is 0 Å². The molecule has 0 radical (unpaired) electrons. The summed E-state index contributed by atoms with van der Waals surface area (Å²) in [5, 5.41) is 4.29. The highest BCUT2D eigenvalue weighted by atomic mass is 35.5. The maximum Gasteiger partial charge on any atom is 0.0392 e. The first-order valence-electron chi connectivity index (χ1n) is 14.5. The molecule has 0 bridgehead atoms. The summed E-state index contributed by atoms with van der Waals surface area (Å²) in [6, 6.07) is 17.2. The number of benzene rings is 2. The van der Waals surface area contributed by atoms with E-state index in [4.69, 9.17) is 11.6 Å². The van der Waals surface area contributed by atoms with Crippen molar-refractivity contribution in [3.63, 3.8) is 0 Å². The molecule has 2 aromatic carbocycles. The van der Waals surface area contributed by atoms with Crippen molar-refractivity contribution in [2.75, 3.05) is 6.54 Å². The zero-order chi connectivity index (χ0) is 29.8. The van der Waals surface area contributed by atoms with Crippen LogP contribution in [0, 0.1) is 13.8 Å². The van der Waals surface area contributed by atoms with Crippen molar-refractivity contribution in [3.8, 4) is 0 Å². The standard InChI is InChI=1S/C17H24ClN.C8H10.C7H16.C2H6.C2H4/c1-5-15-7-6-8-16(10-15)12-19-11-14(4)9-17(18)13(2)3;1-7-4-3-5-8(2)6-7;1-3-5-7-6-4-2;2*1-2/h6-10,19H,5,11-12H2,1-4H3;3-6H,1-2H3;3-7H2,1-2H3;1-2H3;1-2H2/b14-9+;;;;. The summed E-state index contributed by atoms with van der Waals surface area (Å²) in [7, 11) is 0. The zero-order valence-electron chi connectivity index (χ0n) is 26.6. The van der Waals surface area contributed by atoms with Crippen LogP contribution >= 0.6 is 11.6 Å². The molecule has 38 heavy (non-hydrogen) atoms. The predicted molar refractivity (Wildman–Crippen MR) is 178 cm³/mol. The Morgan fingerprint density at radius 2 is 1.29 bits per heavy atom. The van der Waals surface area contributed by atoms with Crippen LogP contribution in [0.4, 0.5) is 0 Å². The molecule has 0 unspecified atom stereocenters. The number of hydrogen-bond donors (Lipinski definition) is 1. The largest absolute Gasteiger partial charge is 0.309 e. The van der Waals surface area contributed by atoms with E-state index in [0.29, 0.717) is 0 Å². The van der Waals surface area contributed by atoms with Gasteiger partial charge in [0.2, 0.25) is 0 Å². The fourth-order valence-corrected chi connectivity index (χ4v) is 3.45. The van der Waals surface area contributed by atoms with Crippen LogP contribution < -0.4 is 5.32 Å². The smallest absolute Gasteiger partial charge is 0.0392 e. The number of nitrogens with one attached hydrogen (secondary N) is 1. The average molecular weight is 542 g/mol. The van der Waals surface area contributed by atoms with Crippen LogP contribution in [0.5, 0.6) is 0 Å². The van der Waals surface area contributed by atoms with E-state index >= 15 is 0 Å². The molecule has 0 amide bonds. The Hall–Kier alpha value is -2.09.